The number of hydrogen-bond acceptors (Lipinski definition) is 4. The van der Waals surface area contributed by atoms with Crippen molar-refractivity contribution < 1.29 is 0 Å². The van der Waals surface area contributed by atoms with E-state index in [1.807, 2.05) is 32.0 Å². The molecule has 2 rings (SSSR count). The summed E-state index contributed by atoms with van der Waals surface area (Å²) >= 11 is 9.44. The minimum absolute atomic E-state index is 0.682. The highest BCUT2D eigenvalue weighted by Gasteiger charge is 2.09. The number of aromatic nitrogens is 2. The second kappa shape index (κ2) is 7.09. The van der Waals surface area contributed by atoms with E-state index in [0.29, 0.717) is 5.02 Å². The Balaban J connectivity index is 2.30. The quantitative estimate of drug-likeness (QED) is 0.772. The van der Waals surface area contributed by atoms with Crippen molar-refractivity contribution in [1.82, 2.24) is 9.97 Å². The van der Waals surface area contributed by atoms with Gasteiger partial charge in [-0.2, -0.15) is 0 Å². The summed E-state index contributed by atoms with van der Waals surface area (Å²) in [5, 5.41) is 7.33. The lowest BCUT2D eigenvalue weighted by atomic mass is 10.2. The second-order valence-electron chi connectivity index (χ2n) is 4.77. The zero-order chi connectivity index (χ0) is 15.4. The third kappa shape index (κ3) is 4.08. The van der Waals surface area contributed by atoms with E-state index < -0.39 is 0 Å². The van der Waals surface area contributed by atoms with Gasteiger partial charge in [-0.15, -0.1) is 0 Å². The molecule has 2 N–H and O–H groups in total. The summed E-state index contributed by atoms with van der Waals surface area (Å²) in [6, 6.07) is 5.69. The predicted molar refractivity (Wildman–Crippen MR) is 92.7 cm³/mol. The highest BCUT2D eigenvalue weighted by atomic mass is 79.9. The van der Waals surface area contributed by atoms with Gasteiger partial charge < -0.3 is 10.6 Å². The highest BCUT2D eigenvalue weighted by Crippen LogP contribution is 2.29. The van der Waals surface area contributed by atoms with Crippen molar-refractivity contribution in [2.75, 3.05) is 17.2 Å². The van der Waals surface area contributed by atoms with E-state index in [4.69, 9.17) is 11.6 Å². The number of rotatable bonds is 5. The number of nitrogens with zero attached hydrogens (tertiary/aromatic N) is 2. The number of halogens is 2. The molecule has 1 aromatic heterocycles. The molecule has 0 saturated carbocycles. The van der Waals surface area contributed by atoms with Gasteiger partial charge in [-0.1, -0.05) is 18.5 Å². The molecule has 6 heteroatoms. The number of anilines is 3. The average Bonchev–Trinajstić information content (AvgIpc) is 2.45. The molecule has 0 bridgehead atoms. The topological polar surface area (TPSA) is 49.8 Å². The fourth-order valence-electron chi connectivity index (χ4n) is 1.88. The molecule has 1 aromatic carbocycles. The van der Waals surface area contributed by atoms with Crippen molar-refractivity contribution in [3.63, 3.8) is 0 Å². The third-order valence-corrected chi connectivity index (χ3v) is 4.20. The van der Waals surface area contributed by atoms with Gasteiger partial charge in [-0.05, 0) is 54.4 Å². The van der Waals surface area contributed by atoms with Gasteiger partial charge in [-0.3, -0.25) is 0 Å². The van der Waals surface area contributed by atoms with Crippen LogP contribution < -0.4 is 10.6 Å². The Morgan fingerprint density at radius 1 is 1.19 bits per heavy atom. The van der Waals surface area contributed by atoms with Gasteiger partial charge in [0.25, 0.3) is 0 Å². The molecule has 0 saturated heterocycles. The number of hydrogen-bond donors (Lipinski definition) is 2. The Bertz CT molecular complexity index is 646. The van der Waals surface area contributed by atoms with Crippen molar-refractivity contribution in [2.45, 2.75) is 27.2 Å². The average molecular weight is 370 g/mol. The molecule has 0 radical (unpaired) electrons. The van der Waals surface area contributed by atoms with Crippen molar-refractivity contribution in [1.29, 1.82) is 0 Å². The van der Waals surface area contributed by atoms with E-state index in [1.54, 1.807) is 0 Å². The largest absolute Gasteiger partial charge is 0.370 e. The molecule has 1 heterocycles. The van der Waals surface area contributed by atoms with Crippen molar-refractivity contribution in [2.24, 2.45) is 0 Å². The molecule has 0 spiro atoms. The summed E-state index contributed by atoms with van der Waals surface area (Å²) < 4.78 is 0.849. The van der Waals surface area contributed by atoms with Gasteiger partial charge in [0, 0.05) is 22.3 Å². The minimum Gasteiger partial charge on any atom is -0.370 e. The smallest absolute Gasteiger partial charge is 0.139 e. The number of nitrogens with one attached hydrogen (secondary N) is 2. The molecule has 0 atom stereocenters. The molecular weight excluding hydrogens is 352 g/mol. The summed E-state index contributed by atoms with van der Waals surface area (Å²) in [6.45, 7) is 6.91. The maximum Gasteiger partial charge on any atom is 0.139 e. The van der Waals surface area contributed by atoms with E-state index in [0.717, 1.165) is 46.1 Å². The van der Waals surface area contributed by atoms with Crippen LogP contribution in [0, 0.1) is 13.8 Å². The predicted octanol–water partition coefficient (Wildman–Crippen LogP) is 5.07. The minimum atomic E-state index is 0.682. The standard InChI is InChI=1S/C15H18BrClN4/c1-4-7-18-14-9(2)15(20-10(3)19-14)21-11-5-6-13(17)12(16)8-11/h5-6,8H,4,7H2,1-3H3,(H2,18,19,20,21). The van der Waals surface area contributed by atoms with Crippen LogP contribution in [0.3, 0.4) is 0 Å². The van der Waals surface area contributed by atoms with E-state index in [2.05, 4.69) is 43.5 Å². The van der Waals surface area contributed by atoms with Crippen molar-refractivity contribution >= 4 is 44.9 Å². The van der Waals surface area contributed by atoms with E-state index in [-0.39, 0.29) is 0 Å². The van der Waals surface area contributed by atoms with Crippen LogP contribution in [0.4, 0.5) is 17.3 Å². The molecule has 0 aliphatic carbocycles. The molecule has 0 unspecified atom stereocenters. The van der Waals surface area contributed by atoms with Crippen molar-refractivity contribution in [3.05, 3.63) is 39.1 Å². The Morgan fingerprint density at radius 3 is 2.57 bits per heavy atom. The lowest BCUT2D eigenvalue weighted by Gasteiger charge is -2.14. The maximum atomic E-state index is 6.01. The first-order valence-corrected chi connectivity index (χ1v) is 7.99. The van der Waals surface area contributed by atoms with Crippen LogP contribution in [0.25, 0.3) is 0 Å². The first-order chi connectivity index (χ1) is 10.0. The van der Waals surface area contributed by atoms with Crippen LogP contribution in [-0.4, -0.2) is 16.5 Å². The second-order valence-corrected chi connectivity index (χ2v) is 6.04. The van der Waals surface area contributed by atoms with E-state index in [1.165, 1.54) is 0 Å². The molecule has 0 amide bonds. The summed E-state index contributed by atoms with van der Waals surface area (Å²) in [4.78, 5) is 8.93. The summed E-state index contributed by atoms with van der Waals surface area (Å²) in [5.41, 5.74) is 1.93. The summed E-state index contributed by atoms with van der Waals surface area (Å²) in [5.74, 6) is 2.41. The molecule has 4 nitrogen and oxygen atoms in total. The fraction of sp³-hybridized carbons (Fsp3) is 0.333. The first-order valence-electron chi connectivity index (χ1n) is 6.82. The molecule has 112 valence electrons. The van der Waals surface area contributed by atoms with Crippen LogP contribution in [0.2, 0.25) is 5.02 Å². The van der Waals surface area contributed by atoms with Crippen LogP contribution in [0.5, 0.6) is 0 Å². The van der Waals surface area contributed by atoms with Crippen LogP contribution in [0.15, 0.2) is 22.7 Å². The molecule has 0 aliphatic heterocycles. The summed E-state index contributed by atoms with van der Waals surface area (Å²) in [7, 11) is 0. The SMILES string of the molecule is CCCNc1nc(C)nc(Nc2ccc(Cl)c(Br)c2)c1C. The fourth-order valence-corrected chi connectivity index (χ4v) is 2.37. The summed E-state index contributed by atoms with van der Waals surface area (Å²) in [6.07, 6.45) is 1.05. The highest BCUT2D eigenvalue weighted by molar-refractivity contribution is 9.10. The van der Waals surface area contributed by atoms with Gasteiger partial charge >= 0.3 is 0 Å². The van der Waals surface area contributed by atoms with Gasteiger partial charge in [0.2, 0.25) is 0 Å². The Kier molecular flexibility index (Phi) is 5.42. The van der Waals surface area contributed by atoms with Gasteiger partial charge in [0.05, 0.1) is 5.02 Å². The zero-order valence-electron chi connectivity index (χ0n) is 12.3. The monoisotopic (exact) mass is 368 g/mol. The Hall–Kier alpha value is -1.33. The lowest BCUT2D eigenvalue weighted by molar-refractivity contribution is 0.948. The maximum absolute atomic E-state index is 6.01. The van der Waals surface area contributed by atoms with Crippen molar-refractivity contribution in [3.8, 4) is 0 Å². The molecule has 21 heavy (non-hydrogen) atoms. The van der Waals surface area contributed by atoms with Gasteiger partial charge in [-0.25, -0.2) is 9.97 Å². The van der Waals surface area contributed by atoms with Gasteiger partial charge in [0.15, 0.2) is 0 Å². The molecule has 2 aromatic rings. The molecule has 0 aliphatic rings. The Morgan fingerprint density at radius 2 is 1.90 bits per heavy atom. The van der Waals surface area contributed by atoms with E-state index >= 15 is 0 Å². The number of benzene rings is 1. The number of aryl methyl sites for hydroxylation is 1. The van der Waals surface area contributed by atoms with Crippen LogP contribution >= 0.6 is 27.5 Å². The first kappa shape index (κ1) is 16.0. The van der Waals surface area contributed by atoms with Gasteiger partial charge in [0.1, 0.15) is 17.5 Å². The van der Waals surface area contributed by atoms with E-state index in [9.17, 15) is 0 Å². The lowest BCUT2D eigenvalue weighted by Crippen LogP contribution is -2.08. The zero-order valence-corrected chi connectivity index (χ0v) is 14.6. The normalized spacial score (nSPS) is 10.5. The molecule has 0 fully saturated rings. The van der Waals surface area contributed by atoms with Crippen LogP contribution in [0.1, 0.15) is 24.7 Å². The molecular formula is C15H18BrClN4. The third-order valence-electron chi connectivity index (χ3n) is 2.98. The van der Waals surface area contributed by atoms with Crippen LogP contribution in [-0.2, 0) is 0 Å². The Labute approximate surface area is 138 Å².